The van der Waals surface area contributed by atoms with Gasteiger partial charge >= 0.3 is 0 Å². The number of nitrogens with one attached hydrogen (secondary N) is 1. The Morgan fingerprint density at radius 3 is 2.43 bits per heavy atom. The smallest absolute Gasteiger partial charge is 0.220 e. The standard InChI is InChI=1S/C17H18N2O3S/c1-23(21,22)11-12-2-7-16(18-9-12)14-5-3-13(4-6-14)15-8-17(20)19-10-15/h2-7,9,15H,8,10-11H2,1H3,(H,19,20). The number of sulfone groups is 1. The zero-order valence-electron chi connectivity index (χ0n) is 12.8. The van der Waals surface area contributed by atoms with Crippen LogP contribution in [0.25, 0.3) is 11.3 Å². The number of benzene rings is 1. The summed E-state index contributed by atoms with van der Waals surface area (Å²) in [5, 5.41) is 2.84. The van der Waals surface area contributed by atoms with Gasteiger partial charge in [-0.1, -0.05) is 30.3 Å². The highest BCUT2D eigenvalue weighted by Crippen LogP contribution is 2.25. The third-order valence-electron chi connectivity index (χ3n) is 3.91. The summed E-state index contributed by atoms with van der Waals surface area (Å²) in [6.07, 6.45) is 3.35. The quantitative estimate of drug-likeness (QED) is 0.929. The first-order valence-corrected chi connectivity index (χ1v) is 9.46. The maximum Gasteiger partial charge on any atom is 0.220 e. The molecule has 1 aliphatic heterocycles. The molecule has 1 fully saturated rings. The molecular formula is C17H18N2O3S. The first-order chi connectivity index (χ1) is 10.9. The van der Waals surface area contributed by atoms with E-state index in [0.29, 0.717) is 18.5 Å². The van der Waals surface area contributed by atoms with Crippen molar-refractivity contribution in [1.29, 1.82) is 0 Å². The number of pyridine rings is 1. The monoisotopic (exact) mass is 330 g/mol. The van der Waals surface area contributed by atoms with Crippen molar-refractivity contribution < 1.29 is 13.2 Å². The Balaban J connectivity index is 1.75. The summed E-state index contributed by atoms with van der Waals surface area (Å²) >= 11 is 0. The van der Waals surface area contributed by atoms with Gasteiger partial charge in [0.15, 0.2) is 9.84 Å². The first-order valence-electron chi connectivity index (χ1n) is 7.40. The number of rotatable bonds is 4. The fraction of sp³-hybridized carbons (Fsp3) is 0.294. The van der Waals surface area contributed by atoms with E-state index in [9.17, 15) is 13.2 Å². The van der Waals surface area contributed by atoms with E-state index in [1.807, 2.05) is 30.3 Å². The van der Waals surface area contributed by atoms with Gasteiger partial charge < -0.3 is 5.32 Å². The molecular weight excluding hydrogens is 312 g/mol. The van der Waals surface area contributed by atoms with Crippen LogP contribution < -0.4 is 5.32 Å². The Kier molecular flexibility index (Phi) is 4.17. The van der Waals surface area contributed by atoms with Crippen molar-refractivity contribution in [1.82, 2.24) is 10.3 Å². The SMILES string of the molecule is CS(=O)(=O)Cc1ccc(-c2ccc(C3CNC(=O)C3)cc2)nc1. The van der Waals surface area contributed by atoms with E-state index >= 15 is 0 Å². The van der Waals surface area contributed by atoms with Crippen molar-refractivity contribution in [2.75, 3.05) is 12.8 Å². The van der Waals surface area contributed by atoms with E-state index in [-0.39, 0.29) is 17.6 Å². The molecule has 0 bridgehead atoms. The lowest BCUT2D eigenvalue weighted by Crippen LogP contribution is -2.13. The molecule has 1 aromatic heterocycles. The minimum atomic E-state index is -3.05. The maximum absolute atomic E-state index is 11.3. The van der Waals surface area contributed by atoms with Crippen molar-refractivity contribution in [2.45, 2.75) is 18.1 Å². The summed E-state index contributed by atoms with van der Waals surface area (Å²) in [7, 11) is -3.05. The highest BCUT2D eigenvalue weighted by molar-refractivity contribution is 7.89. The van der Waals surface area contributed by atoms with Gasteiger partial charge in [0.1, 0.15) is 0 Å². The molecule has 1 N–H and O–H groups in total. The van der Waals surface area contributed by atoms with Crippen LogP contribution in [0, 0.1) is 0 Å². The highest BCUT2D eigenvalue weighted by atomic mass is 32.2. The summed E-state index contributed by atoms with van der Waals surface area (Å²) in [4.78, 5) is 15.6. The van der Waals surface area contributed by atoms with E-state index in [1.165, 1.54) is 6.26 Å². The third-order valence-corrected chi connectivity index (χ3v) is 4.77. The molecule has 1 aliphatic rings. The van der Waals surface area contributed by atoms with E-state index in [2.05, 4.69) is 10.3 Å². The van der Waals surface area contributed by atoms with Gasteiger partial charge in [0, 0.05) is 36.9 Å². The van der Waals surface area contributed by atoms with Crippen LogP contribution in [0.1, 0.15) is 23.5 Å². The first kappa shape index (κ1) is 15.7. The zero-order valence-corrected chi connectivity index (χ0v) is 13.6. The molecule has 0 radical (unpaired) electrons. The van der Waals surface area contributed by atoms with Crippen LogP contribution in [0.4, 0.5) is 0 Å². The molecule has 2 aromatic rings. The number of amides is 1. The van der Waals surface area contributed by atoms with Crippen molar-refractivity contribution in [3.05, 3.63) is 53.7 Å². The van der Waals surface area contributed by atoms with Gasteiger partial charge in [-0.2, -0.15) is 0 Å². The Bertz CT molecular complexity index is 812. The van der Waals surface area contributed by atoms with Crippen molar-refractivity contribution in [3.63, 3.8) is 0 Å². The minimum absolute atomic E-state index is 0.00191. The largest absolute Gasteiger partial charge is 0.355 e. The molecule has 1 amide bonds. The molecule has 1 atom stereocenters. The van der Waals surface area contributed by atoms with E-state index in [4.69, 9.17) is 0 Å². The minimum Gasteiger partial charge on any atom is -0.355 e. The van der Waals surface area contributed by atoms with Gasteiger partial charge in [0.2, 0.25) is 5.91 Å². The Morgan fingerprint density at radius 1 is 1.17 bits per heavy atom. The van der Waals surface area contributed by atoms with Crippen LogP contribution in [0.2, 0.25) is 0 Å². The molecule has 0 spiro atoms. The highest BCUT2D eigenvalue weighted by Gasteiger charge is 2.22. The van der Waals surface area contributed by atoms with E-state index < -0.39 is 9.84 Å². The fourth-order valence-corrected chi connectivity index (χ4v) is 3.53. The summed E-state index contributed by atoms with van der Waals surface area (Å²) in [6, 6.07) is 11.6. The topological polar surface area (TPSA) is 76.1 Å². The second-order valence-corrected chi connectivity index (χ2v) is 8.09. The number of hydrogen-bond donors (Lipinski definition) is 1. The number of aromatic nitrogens is 1. The van der Waals surface area contributed by atoms with Crippen LogP contribution in [-0.2, 0) is 20.4 Å². The van der Waals surface area contributed by atoms with E-state index in [0.717, 1.165) is 16.8 Å². The molecule has 0 aliphatic carbocycles. The van der Waals surface area contributed by atoms with Crippen LogP contribution in [0.3, 0.4) is 0 Å². The lowest BCUT2D eigenvalue weighted by Gasteiger charge is -2.09. The van der Waals surface area contributed by atoms with Crippen LogP contribution in [0.5, 0.6) is 0 Å². The fourth-order valence-electron chi connectivity index (χ4n) is 2.75. The predicted octanol–water partition coefficient (Wildman–Crippen LogP) is 1.90. The van der Waals surface area contributed by atoms with Gasteiger partial charge in [0.25, 0.3) is 0 Å². The Hall–Kier alpha value is -2.21. The molecule has 5 nitrogen and oxygen atoms in total. The van der Waals surface area contributed by atoms with Crippen molar-refractivity contribution in [2.24, 2.45) is 0 Å². The summed E-state index contributed by atoms with van der Waals surface area (Å²) in [5.74, 6) is 0.339. The van der Waals surface area contributed by atoms with Gasteiger partial charge in [-0.05, 0) is 17.2 Å². The second kappa shape index (κ2) is 6.12. The summed E-state index contributed by atoms with van der Waals surface area (Å²) < 4.78 is 22.6. The van der Waals surface area contributed by atoms with Crippen LogP contribution >= 0.6 is 0 Å². The lowest BCUT2D eigenvalue weighted by molar-refractivity contribution is -0.119. The van der Waals surface area contributed by atoms with Gasteiger partial charge in [-0.25, -0.2) is 8.42 Å². The van der Waals surface area contributed by atoms with Gasteiger partial charge in [-0.3, -0.25) is 9.78 Å². The maximum atomic E-state index is 11.3. The van der Waals surface area contributed by atoms with Crippen molar-refractivity contribution >= 4 is 15.7 Å². The van der Waals surface area contributed by atoms with Gasteiger partial charge in [0.05, 0.1) is 11.4 Å². The average molecular weight is 330 g/mol. The summed E-state index contributed by atoms with van der Waals surface area (Å²) in [6.45, 7) is 0.691. The zero-order chi connectivity index (χ0) is 16.4. The lowest BCUT2D eigenvalue weighted by atomic mass is 9.96. The molecule has 1 unspecified atom stereocenters. The molecule has 3 rings (SSSR count). The molecule has 0 saturated carbocycles. The number of carbonyl (C=O) groups is 1. The second-order valence-electron chi connectivity index (χ2n) is 5.95. The Labute approximate surface area is 135 Å². The third kappa shape index (κ3) is 3.96. The number of nitrogens with zero attached hydrogens (tertiary/aromatic N) is 1. The predicted molar refractivity (Wildman–Crippen MR) is 88.6 cm³/mol. The van der Waals surface area contributed by atoms with E-state index in [1.54, 1.807) is 12.3 Å². The average Bonchev–Trinajstić information content (AvgIpc) is 2.93. The molecule has 6 heteroatoms. The normalized spacial score (nSPS) is 18.0. The van der Waals surface area contributed by atoms with Gasteiger partial charge in [-0.15, -0.1) is 0 Å². The number of carbonyl (C=O) groups excluding carboxylic acids is 1. The molecule has 23 heavy (non-hydrogen) atoms. The van der Waals surface area contributed by atoms with Crippen molar-refractivity contribution in [3.8, 4) is 11.3 Å². The number of hydrogen-bond acceptors (Lipinski definition) is 4. The molecule has 2 heterocycles. The summed E-state index contributed by atoms with van der Waals surface area (Å²) in [5.41, 5.74) is 3.59. The molecule has 1 saturated heterocycles. The Morgan fingerprint density at radius 2 is 1.91 bits per heavy atom. The molecule has 1 aromatic carbocycles. The van der Waals surface area contributed by atoms with Crippen LogP contribution in [0.15, 0.2) is 42.6 Å². The van der Waals surface area contributed by atoms with Crippen LogP contribution in [-0.4, -0.2) is 32.1 Å². The molecule has 120 valence electrons.